The molecule has 2 rings (SSSR count). The lowest BCUT2D eigenvalue weighted by Crippen LogP contribution is -2.72. The van der Waals surface area contributed by atoms with Gasteiger partial charge in [0.1, 0.15) is 12.2 Å². The van der Waals surface area contributed by atoms with Crippen molar-refractivity contribution in [3.8, 4) is 0 Å². The summed E-state index contributed by atoms with van der Waals surface area (Å²) in [5.41, 5.74) is 6.24. The van der Waals surface area contributed by atoms with Gasteiger partial charge >= 0.3 is 6.03 Å². The van der Waals surface area contributed by atoms with Gasteiger partial charge in [0.25, 0.3) is 5.91 Å². The van der Waals surface area contributed by atoms with E-state index in [-0.39, 0.29) is 30.9 Å². The molecule has 2 aliphatic rings. The number of hydrogen-bond acceptors (Lipinski definition) is 6. The van der Waals surface area contributed by atoms with Gasteiger partial charge in [-0.05, 0) is 12.3 Å². The van der Waals surface area contributed by atoms with Gasteiger partial charge in [-0.3, -0.25) is 14.9 Å². The highest BCUT2D eigenvalue weighted by atomic mass is 16.5. The second-order valence-electron chi connectivity index (χ2n) is 6.86. The quantitative estimate of drug-likeness (QED) is 0.627. The molecule has 0 radical (unpaired) electrons. The first-order valence-corrected chi connectivity index (χ1v) is 8.61. The summed E-state index contributed by atoms with van der Waals surface area (Å²) in [6, 6.07) is -1.47. The molecule has 9 nitrogen and oxygen atoms in total. The van der Waals surface area contributed by atoms with E-state index in [0.29, 0.717) is 26.2 Å². The Morgan fingerprint density at radius 2 is 2.20 bits per heavy atom. The van der Waals surface area contributed by atoms with Crippen LogP contribution in [-0.4, -0.2) is 79.9 Å². The van der Waals surface area contributed by atoms with E-state index in [1.807, 2.05) is 13.8 Å². The van der Waals surface area contributed by atoms with Gasteiger partial charge in [0.15, 0.2) is 0 Å². The molecule has 3 unspecified atom stereocenters. The average molecular weight is 356 g/mol. The number of urea groups is 1. The second kappa shape index (κ2) is 8.59. The highest BCUT2D eigenvalue weighted by molar-refractivity contribution is 6.02. The lowest BCUT2D eigenvalue weighted by atomic mass is 10.0. The fraction of sp³-hybridized carbons (Fsp3) is 0.812. The zero-order chi connectivity index (χ0) is 18.6. The van der Waals surface area contributed by atoms with Gasteiger partial charge in [0.05, 0.1) is 19.1 Å². The summed E-state index contributed by atoms with van der Waals surface area (Å²) in [5.74, 6) is -0.866. The molecule has 2 saturated heterocycles. The summed E-state index contributed by atoms with van der Waals surface area (Å²) >= 11 is 0. The second-order valence-corrected chi connectivity index (χ2v) is 6.86. The third-order valence-electron chi connectivity index (χ3n) is 4.44. The van der Waals surface area contributed by atoms with Gasteiger partial charge in [-0.2, -0.15) is 0 Å². The van der Waals surface area contributed by atoms with Crippen LogP contribution in [0.1, 0.15) is 20.3 Å². The van der Waals surface area contributed by atoms with Crippen molar-refractivity contribution in [3.05, 3.63) is 0 Å². The molecule has 4 amide bonds. The van der Waals surface area contributed by atoms with Crippen molar-refractivity contribution < 1.29 is 23.9 Å². The minimum atomic E-state index is -0.945. The van der Waals surface area contributed by atoms with Crippen molar-refractivity contribution >= 4 is 17.8 Å². The van der Waals surface area contributed by atoms with Crippen molar-refractivity contribution in [1.82, 2.24) is 15.1 Å². The van der Waals surface area contributed by atoms with Crippen LogP contribution in [0.2, 0.25) is 0 Å². The minimum Gasteiger partial charge on any atom is -0.383 e. The fourth-order valence-electron chi connectivity index (χ4n) is 3.18. The van der Waals surface area contributed by atoms with Gasteiger partial charge < -0.3 is 25.0 Å². The van der Waals surface area contributed by atoms with E-state index in [1.165, 1.54) is 16.9 Å². The van der Waals surface area contributed by atoms with Crippen LogP contribution in [0.25, 0.3) is 0 Å². The van der Waals surface area contributed by atoms with Crippen LogP contribution in [-0.2, 0) is 19.1 Å². The maximum Gasteiger partial charge on any atom is 0.325 e. The number of carbonyl (C=O) groups is 3. The van der Waals surface area contributed by atoms with Crippen LogP contribution >= 0.6 is 0 Å². The van der Waals surface area contributed by atoms with E-state index in [2.05, 4.69) is 5.32 Å². The smallest absolute Gasteiger partial charge is 0.325 e. The third kappa shape index (κ3) is 4.47. The molecule has 3 atom stereocenters. The minimum absolute atomic E-state index is 0.178. The van der Waals surface area contributed by atoms with E-state index in [1.54, 1.807) is 0 Å². The van der Waals surface area contributed by atoms with Crippen LogP contribution in [0.4, 0.5) is 4.79 Å². The SMILES string of the molecule is COCCN(C(=O)C1CCOC1)C1C(=O)NC(=O)N(CC(C)C)C1N. The average Bonchev–Trinajstić information content (AvgIpc) is 3.08. The molecule has 0 aliphatic carbocycles. The molecule has 0 spiro atoms. The van der Waals surface area contributed by atoms with Crippen molar-refractivity contribution in [2.75, 3.05) is 40.0 Å². The van der Waals surface area contributed by atoms with Gasteiger partial charge in [-0.15, -0.1) is 0 Å². The number of nitrogens with one attached hydrogen (secondary N) is 1. The summed E-state index contributed by atoms with van der Waals surface area (Å²) in [7, 11) is 1.52. The van der Waals surface area contributed by atoms with Crippen molar-refractivity contribution in [2.24, 2.45) is 17.6 Å². The van der Waals surface area contributed by atoms with E-state index in [9.17, 15) is 14.4 Å². The Labute approximate surface area is 147 Å². The maximum atomic E-state index is 12.9. The molecule has 25 heavy (non-hydrogen) atoms. The van der Waals surface area contributed by atoms with E-state index in [0.717, 1.165) is 0 Å². The maximum absolute atomic E-state index is 12.9. The van der Waals surface area contributed by atoms with E-state index in [4.69, 9.17) is 15.2 Å². The van der Waals surface area contributed by atoms with Gasteiger partial charge in [-0.1, -0.05) is 13.8 Å². The number of rotatable bonds is 7. The third-order valence-corrected chi connectivity index (χ3v) is 4.44. The number of imide groups is 1. The Morgan fingerprint density at radius 3 is 2.76 bits per heavy atom. The zero-order valence-electron chi connectivity index (χ0n) is 15.1. The normalized spacial score (nSPS) is 26.9. The predicted octanol–water partition coefficient (Wildman–Crippen LogP) is -0.641. The Kier molecular flexibility index (Phi) is 6.74. The fourth-order valence-corrected chi connectivity index (χ4v) is 3.18. The number of nitrogens with zero attached hydrogens (tertiary/aromatic N) is 2. The Bertz CT molecular complexity index is 507. The topological polar surface area (TPSA) is 114 Å². The van der Waals surface area contributed by atoms with Gasteiger partial charge in [0.2, 0.25) is 5.91 Å². The first kappa shape index (κ1) is 19.6. The Morgan fingerprint density at radius 1 is 1.48 bits per heavy atom. The lowest BCUT2D eigenvalue weighted by Gasteiger charge is -2.43. The summed E-state index contributed by atoms with van der Waals surface area (Å²) in [5, 5.41) is 2.32. The van der Waals surface area contributed by atoms with Crippen LogP contribution in [0, 0.1) is 11.8 Å². The Balaban J connectivity index is 2.24. The number of amides is 4. The van der Waals surface area contributed by atoms with E-state index >= 15 is 0 Å². The monoisotopic (exact) mass is 356 g/mol. The number of methoxy groups -OCH3 is 1. The van der Waals surface area contributed by atoms with Crippen molar-refractivity contribution in [1.29, 1.82) is 0 Å². The van der Waals surface area contributed by atoms with Crippen LogP contribution < -0.4 is 11.1 Å². The van der Waals surface area contributed by atoms with Crippen molar-refractivity contribution in [3.63, 3.8) is 0 Å². The molecular formula is C16H28N4O5. The number of nitrogens with two attached hydrogens (primary N) is 1. The van der Waals surface area contributed by atoms with Crippen LogP contribution in [0.5, 0.6) is 0 Å². The summed E-state index contributed by atoms with van der Waals surface area (Å²) in [4.78, 5) is 40.3. The number of hydrogen-bond donors (Lipinski definition) is 2. The molecule has 2 aliphatic heterocycles. The molecule has 0 aromatic carbocycles. The number of ether oxygens (including phenoxy) is 2. The molecule has 2 fully saturated rings. The largest absolute Gasteiger partial charge is 0.383 e. The zero-order valence-corrected chi connectivity index (χ0v) is 15.1. The molecule has 2 heterocycles. The molecule has 0 aromatic heterocycles. The summed E-state index contributed by atoms with van der Waals surface area (Å²) in [6.07, 6.45) is -0.285. The van der Waals surface area contributed by atoms with Crippen LogP contribution in [0.3, 0.4) is 0 Å². The molecule has 9 heteroatoms. The molecule has 0 bridgehead atoms. The molecule has 3 N–H and O–H groups in total. The Hall–Kier alpha value is -1.71. The predicted molar refractivity (Wildman–Crippen MR) is 89.4 cm³/mol. The molecule has 0 aromatic rings. The highest BCUT2D eigenvalue weighted by Crippen LogP contribution is 2.21. The van der Waals surface area contributed by atoms with Gasteiger partial charge in [-0.25, -0.2) is 4.79 Å². The van der Waals surface area contributed by atoms with Gasteiger partial charge in [0, 0.05) is 26.8 Å². The standard InChI is InChI=1S/C16H28N4O5/c1-10(2)8-20-13(17)12(14(21)18-16(20)23)19(5-7-24-3)15(22)11-4-6-25-9-11/h10-13H,4-9,17H2,1-3H3,(H,18,21,23). The van der Waals surface area contributed by atoms with E-state index < -0.39 is 24.1 Å². The summed E-state index contributed by atoms with van der Waals surface area (Å²) < 4.78 is 10.4. The van der Waals surface area contributed by atoms with Crippen LogP contribution in [0.15, 0.2) is 0 Å². The lowest BCUT2D eigenvalue weighted by molar-refractivity contribution is -0.148. The molecule has 0 saturated carbocycles. The molecular weight excluding hydrogens is 328 g/mol. The molecule has 142 valence electrons. The first-order chi connectivity index (χ1) is 11.9. The summed E-state index contributed by atoms with van der Waals surface area (Å²) in [6.45, 7) is 5.66. The highest BCUT2D eigenvalue weighted by Gasteiger charge is 2.45. The van der Waals surface area contributed by atoms with Crippen molar-refractivity contribution in [2.45, 2.75) is 32.5 Å². The number of carbonyl (C=O) groups excluding carboxylic acids is 3. The first-order valence-electron chi connectivity index (χ1n) is 8.61.